The van der Waals surface area contributed by atoms with Crippen LogP contribution in [0.5, 0.6) is 5.75 Å². The number of fused-ring (bicyclic) bond motifs is 1. The minimum Gasteiger partial charge on any atom is -0.493 e. The topological polar surface area (TPSA) is 109 Å². The average molecular weight is 480 g/mol. The van der Waals surface area contributed by atoms with Crippen molar-refractivity contribution in [3.63, 3.8) is 0 Å². The molecule has 2 saturated carbocycles. The Morgan fingerprint density at radius 3 is 2.71 bits per heavy atom. The van der Waals surface area contributed by atoms with Crippen molar-refractivity contribution >= 4 is 22.8 Å². The second-order valence-corrected chi connectivity index (χ2v) is 9.79. The number of carbonyl (C=O) groups excluding carboxylic acids is 2. The van der Waals surface area contributed by atoms with Crippen molar-refractivity contribution in [2.24, 2.45) is 5.92 Å². The van der Waals surface area contributed by atoms with E-state index >= 15 is 0 Å². The first-order valence-corrected chi connectivity index (χ1v) is 12.1. The minimum absolute atomic E-state index is 0.181. The predicted molar refractivity (Wildman–Crippen MR) is 130 cm³/mol. The van der Waals surface area contributed by atoms with Gasteiger partial charge in [-0.15, -0.1) is 0 Å². The number of alkyl halides is 1. The molecule has 0 spiro atoms. The van der Waals surface area contributed by atoms with E-state index in [0.717, 1.165) is 16.9 Å². The highest BCUT2D eigenvalue weighted by Crippen LogP contribution is 2.37. The number of rotatable bonds is 7. The monoisotopic (exact) mass is 479 g/mol. The van der Waals surface area contributed by atoms with Gasteiger partial charge in [0.2, 0.25) is 5.91 Å². The van der Waals surface area contributed by atoms with Gasteiger partial charge in [-0.05, 0) is 51.2 Å². The highest BCUT2D eigenvalue weighted by molar-refractivity contribution is 6.09. The summed E-state index contributed by atoms with van der Waals surface area (Å²) < 4.78 is 20.7. The van der Waals surface area contributed by atoms with Gasteiger partial charge in [-0.25, -0.2) is 14.4 Å². The van der Waals surface area contributed by atoms with E-state index in [0.29, 0.717) is 46.9 Å². The third kappa shape index (κ3) is 4.85. The Labute approximate surface area is 203 Å². The van der Waals surface area contributed by atoms with E-state index in [2.05, 4.69) is 25.6 Å². The lowest BCUT2D eigenvalue weighted by molar-refractivity contribution is -0.119. The average Bonchev–Trinajstić information content (AvgIpc) is 3.48. The first-order chi connectivity index (χ1) is 16.8. The van der Waals surface area contributed by atoms with Crippen LogP contribution in [0, 0.1) is 19.8 Å². The molecule has 3 aromatic rings. The van der Waals surface area contributed by atoms with Gasteiger partial charge < -0.3 is 20.4 Å². The molecule has 35 heavy (non-hydrogen) atoms. The number of halogens is 1. The van der Waals surface area contributed by atoms with Crippen LogP contribution in [0.4, 0.5) is 4.39 Å². The summed E-state index contributed by atoms with van der Waals surface area (Å²) in [5.74, 6) is 0.750. The van der Waals surface area contributed by atoms with Crippen LogP contribution in [0.1, 0.15) is 54.2 Å². The van der Waals surface area contributed by atoms with Crippen LogP contribution in [0.3, 0.4) is 0 Å². The number of aromatic nitrogens is 3. The third-order valence-corrected chi connectivity index (χ3v) is 6.77. The van der Waals surface area contributed by atoms with E-state index in [1.807, 2.05) is 25.1 Å². The smallest absolute Gasteiger partial charge is 0.255 e. The van der Waals surface area contributed by atoms with Gasteiger partial charge >= 0.3 is 0 Å². The molecular formula is C26H30FN5O3. The van der Waals surface area contributed by atoms with Crippen LogP contribution in [-0.2, 0) is 4.79 Å². The molecule has 2 aliphatic rings. The number of nitrogens with zero attached hydrogens (tertiary/aromatic N) is 2. The van der Waals surface area contributed by atoms with Gasteiger partial charge in [0.1, 0.15) is 29.5 Å². The number of benzene rings is 1. The van der Waals surface area contributed by atoms with Gasteiger partial charge in [-0.3, -0.25) is 9.59 Å². The number of amides is 2. The van der Waals surface area contributed by atoms with Crippen molar-refractivity contribution in [2.75, 3.05) is 6.61 Å². The van der Waals surface area contributed by atoms with Gasteiger partial charge in [0, 0.05) is 30.6 Å². The van der Waals surface area contributed by atoms with Crippen molar-refractivity contribution in [1.82, 2.24) is 25.6 Å². The molecule has 0 saturated heterocycles. The van der Waals surface area contributed by atoms with E-state index in [1.54, 1.807) is 6.92 Å². The summed E-state index contributed by atoms with van der Waals surface area (Å²) in [5, 5.41) is 5.56. The summed E-state index contributed by atoms with van der Waals surface area (Å²) in [7, 11) is 0. The standard InChI is InChI=1S/C26H30FN5O3/c1-13-4-7-21(35-11-16-5-6-16)18(8-13)23-25-24(29-12-28-23)22(14(2)30-25)26(34)32-20-10-17(9-19(20)27)31-15(3)33/h4,7-8,12,16-17,19-20,30H,5-6,9-11H2,1-3H3,(H,31,33)(H,32,34). The second-order valence-electron chi connectivity index (χ2n) is 9.79. The van der Waals surface area contributed by atoms with E-state index in [-0.39, 0.29) is 18.4 Å². The highest BCUT2D eigenvalue weighted by Gasteiger charge is 2.36. The largest absolute Gasteiger partial charge is 0.493 e. The van der Waals surface area contributed by atoms with Crippen LogP contribution < -0.4 is 15.4 Å². The number of carbonyl (C=O) groups is 2. The van der Waals surface area contributed by atoms with Crippen molar-refractivity contribution < 1.29 is 18.7 Å². The molecule has 2 amide bonds. The molecule has 1 aromatic carbocycles. The number of hydrogen-bond acceptors (Lipinski definition) is 5. The second kappa shape index (κ2) is 9.28. The molecule has 5 rings (SSSR count). The lowest BCUT2D eigenvalue weighted by Gasteiger charge is -2.15. The van der Waals surface area contributed by atoms with Crippen LogP contribution in [0.25, 0.3) is 22.3 Å². The fourth-order valence-corrected chi connectivity index (χ4v) is 4.83. The summed E-state index contributed by atoms with van der Waals surface area (Å²) in [6, 6.07) is 5.02. The molecule has 3 atom stereocenters. The fraction of sp³-hybridized carbons (Fsp3) is 0.462. The Kier molecular flexibility index (Phi) is 6.17. The maximum atomic E-state index is 14.6. The summed E-state index contributed by atoms with van der Waals surface area (Å²) in [5.41, 5.74) is 4.66. The zero-order chi connectivity index (χ0) is 24.7. The molecule has 8 nitrogen and oxygen atoms in total. The SMILES string of the molecule is CC(=O)NC1CC(F)C(NC(=O)c2c(C)[nH]c3c(-c4cc(C)ccc4OCC4CC4)ncnc23)C1. The Balaban J connectivity index is 1.45. The van der Waals surface area contributed by atoms with Crippen molar-refractivity contribution in [2.45, 2.75) is 64.7 Å². The number of H-pyrrole nitrogens is 1. The van der Waals surface area contributed by atoms with E-state index in [4.69, 9.17) is 4.74 Å². The normalized spacial score (nSPS) is 21.8. The van der Waals surface area contributed by atoms with Gasteiger partial charge in [0.05, 0.1) is 23.7 Å². The molecule has 2 aliphatic carbocycles. The first kappa shape index (κ1) is 23.3. The zero-order valence-corrected chi connectivity index (χ0v) is 20.2. The molecule has 2 aromatic heterocycles. The molecule has 0 bridgehead atoms. The lowest BCUT2D eigenvalue weighted by atomic mass is 10.1. The number of nitrogens with one attached hydrogen (secondary N) is 3. The zero-order valence-electron chi connectivity index (χ0n) is 20.2. The summed E-state index contributed by atoms with van der Waals surface area (Å²) in [6.07, 6.45) is 3.12. The number of aryl methyl sites for hydroxylation is 2. The van der Waals surface area contributed by atoms with Gasteiger partial charge in [-0.1, -0.05) is 11.6 Å². The van der Waals surface area contributed by atoms with E-state index in [9.17, 15) is 14.0 Å². The van der Waals surface area contributed by atoms with Gasteiger partial charge in [0.15, 0.2) is 0 Å². The summed E-state index contributed by atoms with van der Waals surface area (Å²) in [6.45, 7) is 5.88. The summed E-state index contributed by atoms with van der Waals surface area (Å²) >= 11 is 0. The number of aromatic amines is 1. The number of hydrogen-bond donors (Lipinski definition) is 3. The molecule has 184 valence electrons. The molecule has 3 N–H and O–H groups in total. The van der Waals surface area contributed by atoms with Crippen LogP contribution >= 0.6 is 0 Å². The molecule has 0 aliphatic heterocycles. The quantitative estimate of drug-likeness (QED) is 0.478. The van der Waals surface area contributed by atoms with Crippen LogP contribution in [-0.4, -0.2) is 51.6 Å². The Bertz CT molecular complexity index is 1290. The van der Waals surface area contributed by atoms with Crippen LogP contribution in [0.15, 0.2) is 24.5 Å². The Hall–Kier alpha value is -3.49. The molecule has 2 fully saturated rings. The molecule has 2 heterocycles. The van der Waals surface area contributed by atoms with Crippen molar-refractivity contribution in [3.05, 3.63) is 41.3 Å². The maximum absolute atomic E-state index is 14.6. The number of ether oxygens (including phenoxy) is 1. The van der Waals surface area contributed by atoms with Crippen molar-refractivity contribution in [1.29, 1.82) is 0 Å². The molecule has 9 heteroatoms. The maximum Gasteiger partial charge on any atom is 0.255 e. The predicted octanol–water partition coefficient (Wildman–Crippen LogP) is 3.77. The van der Waals surface area contributed by atoms with Gasteiger partial charge in [-0.2, -0.15) is 0 Å². The van der Waals surface area contributed by atoms with Gasteiger partial charge in [0.25, 0.3) is 5.91 Å². The minimum atomic E-state index is -1.23. The lowest BCUT2D eigenvalue weighted by Crippen LogP contribution is -2.39. The Morgan fingerprint density at radius 1 is 1.17 bits per heavy atom. The van der Waals surface area contributed by atoms with Crippen LogP contribution in [0.2, 0.25) is 0 Å². The Morgan fingerprint density at radius 2 is 1.97 bits per heavy atom. The fourth-order valence-electron chi connectivity index (χ4n) is 4.83. The first-order valence-electron chi connectivity index (χ1n) is 12.1. The molecule has 3 unspecified atom stereocenters. The highest BCUT2D eigenvalue weighted by atomic mass is 19.1. The summed E-state index contributed by atoms with van der Waals surface area (Å²) in [4.78, 5) is 36.8. The molecular weight excluding hydrogens is 449 g/mol. The van der Waals surface area contributed by atoms with E-state index in [1.165, 1.54) is 26.1 Å². The van der Waals surface area contributed by atoms with Crippen molar-refractivity contribution in [3.8, 4) is 17.0 Å². The van der Waals surface area contributed by atoms with E-state index < -0.39 is 18.1 Å². The third-order valence-electron chi connectivity index (χ3n) is 6.77. The molecule has 0 radical (unpaired) electrons.